The molecule has 1 amide bonds. The number of ether oxygens (including phenoxy) is 1. The molecule has 0 aliphatic heterocycles. The van der Waals surface area contributed by atoms with Crippen molar-refractivity contribution in [1.29, 1.82) is 0 Å². The van der Waals surface area contributed by atoms with Crippen molar-refractivity contribution >= 4 is 12.0 Å². The van der Waals surface area contributed by atoms with Crippen LogP contribution in [0.5, 0.6) is 5.75 Å². The Bertz CT molecular complexity index is 565. The van der Waals surface area contributed by atoms with Crippen molar-refractivity contribution in [2.45, 2.75) is 53.5 Å². The van der Waals surface area contributed by atoms with Crippen LogP contribution in [0.15, 0.2) is 23.8 Å². The highest BCUT2D eigenvalue weighted by atomic mass is 16.5. The van der Waals surface area contributed by atoms with Gasteiger partial charge in [0.05, 0.1) is 6.61 Å². The molecule has 0 aliphatic rings. The summed E-state index contributed by atoms with van der Waals surface area (Å²) in [7, 11) is 0. The van der Waals surface area contributed by atoms with Gasteiger partial charge in [-0.3, -0.25) is 4.79 Å². The van der Waals surface area contributed by atoms with Crippen LogP contribution >= 0.6 is 0 Å². The zero-order valence-electron chi connectivity index (χ0n) is 15.7. The quantitative estimate of drug-likeness (QED) is 0.687. The fourth-order valence-electron chi connectivity index (χ4n) is 2.40. The third-order valence-electron chi connectivity index (χ3n) is 3.89. The number of rotatable bonds is 10. The average molecular weight is 332 g/mol. The first-order chi connectivity index (χ1) is 11.3. The minimum atomic E-state index is -0.299. The molecule has 0 spiro atoms. The van der Waals surface area contributed by atoms with E-state index in [-0.39, 0.29) is 5.91 Å². The molecule has 134 valence electrons. The van der Waals surface area contributed by atoms with Crippen LogP contribution in [0.25, 0.3) is 6.08 Å². The molecule has 0 saturated carbocycles. The number of aryl methyl sites for hydroxylation is 1. The van der Waals surface area contributed by atoms with Crippen molar-refractivity contribution in [2.24, 2.45) is 11.7 Å². The molecule has 0 bridgehead atoms. The van der Waals surface area contributed by atoms with Gasteiger partial charge in [0.15, 0.2) is 0 Å². The highest BCUT2D eigenvalue weighted by Gasteiger charge is 2.10. The first-order valence-electron chi connectivity index (χ1n) is 8.77. The Balaban J connectivity index is 2.87. The van der Waals surface area contributed by atoms with Gasteiger partial charge in [-0.05, 0) is 25.0 Å². The number of benzene rings is 1. The van der Waals surface area contributed by atoms with E-state index in [9.17, 15) is 4.79 Å². The summed E-state index contributed by atoms with van der Waals surface area (Å²) in [6.45, 7) is 12.1. The molecule has 1 aromatic rings. The van der Waals surface area contributed by atoms with Gasteiger partial charge in [-0.15, -0.1) is 0 Å². The standard InChI is InChI=1S/C20H32N2O2/c1-6-17(11-20(21)23)10-18-16(5)8-7-9-19(18)24-13-15(4)12-22-14(2)3/h7-10,14-15,22H,6,11-13H2,1-5H3,(H2,21,23)/b17-10+. The molecular weight excluding hydrogens is 300 g/mol. The summed E-state index contributed by atoms with van der Waals surface area (Å²) in [5.41, 5.74) is 8.54. The predicted molar refractivity (Wildman–Crippen MR) is 101 cm³/mol. The van der Waals surface area contributed by atoms with Crippen LogP contribution in [0.1, 0.15) is 51.7 Å². The van der Waals surface area contributed by atoms with Crippen molar-refractivity contribution in [3.8, 4) is 5.75 Å². The van der Waals surface area contributed by atoms with Crippen LogP contribution in [0.3, 0.4) is 0 Å². The van der Waals surface area contributed by atoms with E-state index in [0.29, 0.717) is 25.0 Å². The van der Waals surface area contributed by atoms with Crippen LogP contribution in [0, 0.1) is 12.8 Å². The molecule has 0 aliphatic carbocycles. The van der Waals surface area contributed by atoms with Gasteiger partial charge in [-0.2, -0.15) is 0 Å². The van der Waals surface area contributed by atoms with E-state index in [0.717, 1.165) is 35.4 Å². The van der Waals surface area contributed by atoms with E-state index < -0.39 is 0 Å². The van der Waals surface area contributed by atoms with Gasteiger partial charge in [0, 0.05) is 30.5 Å². The third kappa shape index (κ3) is 7.18. The Kier molecular flexibility index (Phi) is 8.55. The predicted octanol–water partition coefficient (Wildman–Crippen LogP) is 3.68. The van der Waals surface area contributed by atoms with Crippen LogP contribution in [-0.4, -0.2) is 25.1 Å². The van der Waals surface area contributed by atoms with E-state index >= 15 is 0 Å². The lowest BCUT2D eigenvalue weighted by molar-refractivity contribution is -0.117. The molecule has 0 heterocycles. The van der Waals surface area contributed by atoms with Gasteiger partial charge in [0.25, 0.3) is 0 Å². The zero-order valence-corrected chi connectivity index (χ0v) is 15.7. The number of nitrogens with two attached hydrogens (primary N) is 1. The number of carbonyl (C=O) groups excluding carboxylic acids is 1. The largest absolute Gasteiger partial charge is 0.493 e. The fraction of sp³-hybridized carbons (Fsp3) is 0.550. The molecule has 0 radical (unpaired) electrons. The van der Waals surface area contributed by atoms with Crippen molar-refractivity contribution in [2.75, 3.05) is 13.2 Å². The Morgan fingerprint density at radius 3 is 2.62 bits per heavy atom. The fourth-order valence-corrected chi connectivity index (χ4v) is 2.40. The van der Waals surface area contributed by atoms with Crippen molar-refractivity contribution < 1.29 is 9.53 Å². The number of carbonyl (C=O) groups is 1. The SMILES string of the molecule is CC/C(=C\c1c(C)cccc1OCC(C)CNC(C)C)CC(N)=O. The van der Waals surface area contributed by atoms with Gasteiger partial charge in [0.1, 0.15) is 5.75 Å². The van der Waals surface area contributed by atoms with E-state index in [1.807, 2.05) is 25.1 Å². The highest BCUT2D eigenvalue weighted by Crippen LogP contribution is 2.26. The Morgan fingerprint density at radius 1 is 1.33 bits per heavy atom. The first-order valence-corrected chi connectivity index (χ1v) is 8.77. The summed E-state index contributed by atoms with van der Waals surface area (Å²) in [4.78, 5) is 11.2. The summed E-state index contributed by atoms with van der Waals surface area (Å²) < 4.78 is 6.06. The molecule has 1 unspecified atom stereocenters. The molecule has 24 heavy (non-hydrogen) atoms. The minimum absolute atomic E-state index is 0.291. The molecule has 0 fully saturated rings. The first kappa shape index (κ1) is 20.2. The molecule has 1 atom stereocenters. The zero-order chi connectivity index (χ0) is 18.1. The second-order valence-electron chi connectivity index (χ2n) is 6.77. The molecule has 1 aromatic carbocycles. The Morgan fingerprint density at radius 2 is 2.04 bits per heavy atom. The molecule has 3 N–H and O–H groups in total. The van der Waals surface area contributed by atoms with Gasteiger partial charge in [0.2, 0.25) is 5.91 Å². The summed E-state index contributed by atoms with van der Waals surface area (Å²) >= 11 is 0. The van der Waals surface area contributed by atoms with Crippen molar-refractivity contribution in [1.82, 2.24) is 5.32 Å². The molecular formula is C20H32N2O2. The number of hydrogen-bond donors (Lipinski definition) is 2. The van der Waals surface area contributed by atoms with Crippen LogP contribution in [0.2, 0.25) is 0 Å². The number of nitrogens with one attached hydrogen (secondary N) is 1. The van der Waals surface area contributed by atoms with E-state index in [2.05, 4.69) is 39.1 Å². The molecule has 1 rings (SSSR count). The lowest BCUT2D eigenvalue weighted by Crippen LogP contribution is -2.30. The van der Waals surface area contributed by atoms with Crippen molar-refractivity contribution in [3.63, 3.8) is 0 Å². The lowest BCUT2D eigenvalue weighted by atomic mass is 10.0. The summed E-state index contributed by atoms with van der Waals surface area (Å²) in [6.07, 6.45) is 3.14. The number of amides is 1. The molecule has 0 aromatic heterocycles. The normalized spacial score (nSPS) is 13.2. The van der Waals surface area contributed by atoms with Gasteiger partial charge in [-0.1, -0.05) is 51.5 Å². The summed E-state index contributed by atoms with van der Waals surface area (Å²) in [5, 5.41) is 3.43. The third-order valence-corrected chi connectivity index (χ3v) is 3.89. The van der Waals surface area contributed by atoms with Gasteiger partial charge < -0.3 is 15.8 Å². The van der Waals surface area contributed by atoms with Crippen LogP contribution < -0.4 is 15.8 Å². The average Bonchev–Trinajstić information content (AvgIpc) is 2.52. The monoisotopic (exact) mass is 332 g/mol. The van der Waals surface area contributed by atoms with Crippen LogP contribution in [0.4, 0.5) is 0 Å². The van der Waals surface area contributed by atoms with E-state index in [4.69, 9.17) is 10.5 Å². The number of primary amides is 1. The molecule has 4 heteroatoms. The second-order valence-corrected chi connectivity index (χ2v) is 6.77. The maximum Gasteiger partial charge on any atom is 0.221 e. The molecule has 4 nitrogen and oxygen atoms in total. The molecule has 0 saturated heterocycles. The Hall–Kier alpha value is -1.81. The second kappa shape index (κ2) is 10.1. The maximum absolute atomic E-state index is 11.2. The maximum atomic E-state index is 11.2. The van der Waals surface area contributed by atoms with Gasteiger partial charge >= 0.3 is 0 Å². The van der Waals surface area contributed by atoms with Crippen LogP contribution in [-0.2, 0) is 4.79 Å². The van der Waals surface area contributed by atoms with Crippen molar-refractivity contribution in [3.05, 3.63) is 34.9 Å². The topological polar surface area (TPSA) is 64.3 Å². The lowest BCUT2D eigenvalue weighted by Gasteiger charge is -2.18. The van der Waals surface area contributed by atoms with E-state index in [1.54, 1.807) is 0 Å². The smallest absolute Gasteiger partial charge is 0.221 e. The number of hydrogen-bond acceptors (Lipinski definition) is 3. The highest BCUT2D eigenvalue weighted by molar-refractivity contribution is 5.79. The minimum Gasteiger partial charge on any atom is -0.493 e. The van der Waals surface area contributed by atoms with Gasteiger partial charge in [-0.25, -0.2) is 0 Å². The van der Waals surface area contributed by atoms with E-state index in [1.165, 1.54) is 0 Å². The summed E-state index contributed by atoms with van der Waals surface area (Å²) in [6, 6.07) is 6.52. The summed E-state index contributed by atoms with van der Waals surface area (Å²) in [5.74, 6) is 0.982. The Labute approximate surface area is 146 Å².